The van der Waals surface area contributed by atoms with E-state index in [0.717, 1.165) is 0 Å². The lowest BCUT2D eigenvalue weighted by Crippen LogP contribution is -2.58. The Labute approximate surface area is 351 Å². The third-order valence-electron chi connectivity index (χ3n) is 10.2. The van der Waals surface area contributed by atoms with Gasteiger partial charge in [-0.25, -0.2) is 10.9 Å². The van der Waals surface area contributed by atoms with Crippen LogP contribution in [0.15, 0.2) is 24.3 Å². The number of phenolic OH excluding ortho intramolecular Hbond substituents is 1. The molecule has 0 aromatic heterocycles. The van der Waals surface area contributed by atoms with Gasteiger partial charge in [0.25, 0.3) is 0 Å². The highest BCUT2D eigenvalue weighted by molar-refractivity contribution is 7.98. The Bertz CT molecular complexity index is 1550. The van der Waals surface area contributed by atoms with Crippen LogP contribution < -0.4 is 43.2 Å². The maximum atomic E-state index is 14.0. The van der Waals surface area contributed by atoms with Crippen molar-refractivity contribution in [1.29, 1.82) is 5.41 Å². The fraction of sp³-hybridized carbons (Fsp3) is 0.650. The minimum Gasteiger partial charge on any atom is -0.508 e. The number of likely N-dealkylation sites (tertiary alicyclic amines) is 1. The average molecular weight is 847 g/mol. The van der Waals surface area contributed by atoms with E-state index in [9.17, 15) is 38.7 Å². The van der Waals surface area contributed by atoms with Crippen molar-refractivity contribution in [1.82, 2.24) is 42.3 Å². The topological polar surface area (TPSA) is 277 Å². The monoisotopic (exact) mass is 846 g/mol. The molecule has 0 bridgehead atoms. The number of benzene rings is 1. The van der Waals surface area contributed by atoms with E-state index in [-0.39, 0.29) is 73.6 Å². The van der Waals surface area contributed by atoms with E-state index in [0.29, 0.717) is 56.1 Å². The van der Waals surface area contributed by atoms with Crippen molar-refractivity contribution in [2.75, 3.05) is 31.6 Å². The number of hydrogen-bond donors (Lipinski definition) is 10. The summed E-state index contributed by atoms with van der Waals surface area (Å²) in [7, 11) is 0. The summed E-state index contributed by atoms with van der Waals surface area (Å²) in [5, 5.41) is 30.9. The molecule has 1 aromatic carbocycles. The van der Waals surface area contributed by atoms with E-state index in [4.69, 9.17) is 11.1 Å². The van der Waals surface area contributed by atoms with Crippen LogP contribution in [0.1, 0.15) is 78.7 Å². The first-order valence-corrected chi connectivity index (χ1v) is 21.6. The second-order valence-electron chi connectivity index (χ2n) is 15.6. The van der Waals surface area contributed by atoms with Gasteiger partial charge in [0.15, 0.2) is 11.7 Å². The minimum atomic E-state index is -1.14. The number of amides is 4. The lowest BCUT2D eigenvalue weighted by molar-refractivity contribution is -0.134. The molecule has 0 spiro atoms. The Balaban J connectivity index is 2.26. The van der Waals surface area contributed by atoms with Crippen LogP contribution in [0.5, 0.6) is 5.75 Å². The zero-order chi connectivity index (χ0) is 44.1. The Kier molecular flexibility index (Phi) is 22.7. The van der Waals surface area contributed by atoms with Crippen LogP contribution in [0.25, 0.3) is 0 Å². The van der Waals surface area contributed by atoms with Crippen LogP contribution in [0, 0.1) is 17.2 Å². The molecule has 11 N–H and O–H groups in total. The molecule has 1 heterocycles. The molecule has 7 atom stereocenters. The van der Waals surface area contributed by atoms with Gasteiger partial charge in [0.1, 0.15) is 36.4 Å². The molecule has 1 aliphatic rings. The minimum absolute atomic E-state index is 0.0270. The van der Waals surface area contributed by atoms with E-state index >= 15 is 0 Å². The van der Waals surface area contributed by atoms with Gasteiger partial charge < -0.3 is 47.0 Å². The lowest BCUT2D eigenvalue weighted by atomic mass is 10.0. The standard InChI is InChI=1S/C40H66N10O8S/c1-24(2)32(23-52)47-37(56)31(22-27-11-13-28(53)14-12-27)46-36(55)30(9-7-16-44-40(41)42)45-38(57)33-10-8-18-50(33)26(5)21-34(54)29(15-20-59-6)48-49-35(25(3)4)39(58)43-17-19-51/h11-14,19,23-26,29-33,35,48-49,53H,7-10,15-18,20-22H2,1-6H3,(H,43,58)(H,45,57)(H,46,55)(H,47,56)(H4,41,42,44)/t26?,29-,30-,31-,32+,33-,35-/m0/s1. The van der Waals surface area contributed by atoms with Crippen molar-refractivity contribution in [3.05, 3.63) is 29.8 Å². The highest BCUT2D eigenvalue weighted by Gasteiger charge is 2.37. The summed E-state index contributed by atoms with van der Waals surface area (Å²) in [4.78, 5) is 92.6. The normalized spacial score (nSPS) is 17.2. The van der Waals surface area contributed by atoms with Crippen LogP contribution in [0.2, 0.25) is 0 Å². The summed E-state index contributed by atoms with van der Waals surface area (Å²) in [5.41, 5.74) is 12.2. The van der Waals surface area contributed by atoms with Crippen molar-refractivity contribution in [3.8, 4) is 5.75 Å². The summed E-state index contributed by atoms with van der Waals surface area (Å²) in [6, 6.07) is 0.779. The number of nitrogens with two attached hydrogens (primary N) is 1. The molecule has 18 nitrogen and oxygen atoms in total. The molecule has 0 aliphatic carbocycles. The first kappa shape index (κ1) is 50.6. The van der Waals surface area contributed by atoms with Gasteiger partial charge in [-0.05, 0) is 87.1 Å². The smallest absolute Gasteiger partial charge is 0.243 e. The number of ketones is 1. The number of hydrazine groups is 1. The average Bonchev–Trinajstić information content (AvgIpc) is 3.69. The molecule has 0 saturated carbocycles. The molecule has 1 unspecified atom stereocenters. The number of aldehydes is 2. The molecule has 19 heteroatoms. The van der Waals surface area contributed by atoms with E-state index in [1.54, 1.807) is 37.7 Å². The maximum absolute atomic E-state index is 14.0. The van der Waals surface area contributed by atoms with Crippen molar-refractivity contribution < 1.29 is 38.7 Å². The highest BCUT2D eigenvalue weighted by atomic mass is 32.2. The molecule has 0 radical (unpaired) electrons. The number of thioether (sulfide) groups is 1. The number of rotatable bonds is 28. The Morgan fingerprint density at radius 3 is 2.17 bits per heavy atom. The summed E-state index contributed by atoms with van der Waals surface area (Å²) < 4.78 is 0. The number of guanidine groups is 1. The third-order valence-corrected chi connectivity index (χ3v) is 10.8. The van der Waals surface area contributed by atoms with E-state index in [1.165, 1.54) is 12.1 Å². The van der Waals surface area contributed by atoms with Crippen LogP contribution in [0.3, 0.4) is 0 Å². The van der Waals surface area contributed by atoms with Crippen molar-refractivity contribution >= 4 is 59.7 Å². The van der Waals surface area contributed by atoms with Gasteiger partial charge in [-0.3, -0.25) is 34.3 Å². The largest absolute Gasteiger partial charge is 0.508 e. The van der Waals surface area contributed by atoms with Gasteiger partial charge in [-0.15, -0.1) is 0 Å². The van der Waals surface area contributed by atoms with E-state index in [1.807, 2.05) is 31.9 Å². The lowest BCUT2D eigenvalue weighted by Gasteiger charge is -2.32. The van der Waals surface area contributed by atoms with Crippen molar-refractivity contribution in [3.63, 3.8) is 0 Å². The van der Waals surface area contributed by atoms with Gasteiger partial charge >= 0.3 is 0 Å². The van der Waals surface area contributed by atoms with E-state index in [2.05, 4.69) is 37.4 Å². The molecule has 1 aromatic rings. The number of Topliss-reactive ketones (excluding diaryl/α,β-unsaturated/α-hetero) is 1. The number of hydrogen-bond acceptors (Lipinski definition) is 13. The maximum Gasteiger partial charge on any atom is 0.243 e. The third kappa shape index (κ3) is 17.7. The molecule has 59 heavy (non-hydrogen) atoms. The summed E-state index contributed by atoms with van der Waals surface area (Å²) in [5.74, 6) is -2.02. The van der Waals surface area contributed by atoms with Crippen LogP contribution in [-0.4, -0.2) is 132 Å². The number of carbonyl (C=O) groups excluding carboxylic acids is 7. The van der Waals surface area contributed by atoms with Crippen LogP contribution >= 0.6 is 11.8 Å². The van der Waals surface area contributed by atoms with E-state index < -0.39 is 54.0 Å². The first-order valence-electron chi connectivity index (χ1n) is 20.2. The number of nitrogens with zero attached hydrogens (tertiary/aromatic N) is 1. The number of phenols is 1. The van der Waals surface area contributed by atoms with Crippen molar-refractivity contribution in [2.24, 2.45) is 17.6 Å². The molecule has 4 amide bonds. The van der Waals surface area contributed by atoms with Crippen LogP contribution in [0.4, 0.5) is 0 Å². The molecular weight excluding hydrogens is 781 g/mol. The second kappa shape index (κ2) is 26.5. The molecular formula is C40H66N10O8S. The van der Waals surface area contributed by atoms with Gasteiger partial charge in [0, 0.05) is 25.4 Å². The van der Waals surface area contributed by atoms with Gasteiger partial charge in [-0.2, -0.15) is 11.8 Å². The fourth-order valence-corrected chi connectivity index (χ4v) is 7.19. The Morgan fingerprint density at radius 2 is 1.58 bits per heavy atom. The predicted octanol–water partition coefficient (Wildman–Crippen LogP) is -0.125. The molecule has 1 aliphatic heterocycles. The van der Waals surface area contributed by atoms with Crippen molar-refractivity contribution in [2.45, 2.75) is 122 Å². The molecule has 1 fully saturated rings. The summed E-state index contributed by atoms with van der Waals surface area (Å²) in [6.07, 6.45) is 5.42. The summed E-state index contributed by atoms with van der Waals surface area (Å²) in [6.45, 7) is 9.80. The van der Waals surface area contributed by atoms with Crippen LogP contribution in [-0.2, 0) is 40.0 Å². The molecule has 2 rings (SSSR count). The second-order valence-corrected chi connectivity index (χ2v) is 16.5. The molecule has 1 saturated heterocycles. The van der Waals surface area contributed by atoms with Gasteiger partial charge in [0.2, 0.25) is 23.6 Å². The Hall–Kier alpha value is -4.59. The zero-order valence-electron chi connectivity index (χ0n) is 35.2. The highest BCUT2D eigenvalue weighted by Crippen LogP contribution is 2.23. The fourth-order valence-electron chi connectivity index (χ4n) is 6.71. The van der Waals surface area contributed by atoms with Gasteiger partial charge in [0.05, 0.1) is 24.7 Å². The SMILES string of the molecule is CSCC[C@H](NN[C@H](C(=O)NCC=O)C(C)C)C(=O)CC(C)N1CCC[C@H]1C(=O)N[C@@H](CCCNC(=N)N)C(=O)N[C@@H](Cc1ccc(O)cc1)C(=O)N[C@H](C=O)C(C)C. The molecule has 330 valence electrons. The zero-order valence-corrected chi connectivity index (χ0v) is 36.0. The number of aromatic hydroxyl groups is 1. The summed E-state index contributed by atoms with van der Waals surface area (Å²) >= 11 is 1.58. The first-order chi connectivity index (χ1) is 28.0. The van der Waals surface area contributed by atoms with Gasteiger partial charge in [-0.1, -0.05) is 39.8 Å². The number of carbonyl (C=O) groups is 7. The quantitative estimate of drug-likeness (QED) is 0.0173. The predicted molar refractivity (Wildman–Crippen MR) is 227 cm³/mol. The Morgan fingerprint density at radius 1 is 0.898 bits per heavy atom. The number of nitrogens with one attached hydrogen (secondary N) is 8.